The number of carbonyl (C=O) groups excluding carboxylic acids is 1. The number of nitrogens with zero attached hydrogens (tertiary/aromatic N) is 2. The minimum Gasteiger partial charge on any atom is -0.313 e. The maximum Gasteiger partial charge on any atom is 0.365 e. The molecule has 0 saturated carbocycles. The molecule has 1 aromatic carbocycles. The Morgan fingerprint density at radius 3 is 2.48 bits per heavy atom. The molecule has 1 aliphatic rings. The maximum absolute atomic E-state index is 12.1. The smallest absolute Gasteiger partial charge is 0.313 e. The second kappa shape index (κ2) is 6.39. The van der Waals surface area contributed by atoms with Crippen molar-refractivity contribution in [1.29, 1.82) is 0 Å². The summed E-state index contributed by atoms with van der Waals surface area (Å²) >= 11 is 0. The van der Waals surface area contributed by atoms with E-state index < -0.39 is 0 Å². The number of rotatable bonds is 2. The SMILES string of the molecule is Cc1cc(C)cc(C(=O)O/N=C2\CC(C)N(C)CC2C)c1. The van der Waals surface area contributed by atoms with Gasteiger partial charge in [-0.3, -0.25) is 0 Å². The largest absolute Gasteiger partial charge is 0.365 e. The summed E-state index contributed by atoms with van der Waals surface area (Å²) in [5.74, 6) is -0.0636. The van der Waals surface area contributed by atoms with Crippen LogP contribution in [0.15, 0.2) is 23.4 Å². The first-order valence-electron chi connectivity index (χ1n) is 7.43. The highest BCUT2D eigenvalue weighted by Gasteiger charge is 2.26. The van der Waals surface area contributed by atoms with E-state index in [1.807, 2.05) is 32.0 Å². The average molecular weight is 288 g/mol. The van der Waals surface area contributed by atoms with Gasteiger partial charge in [-0.2, -0.15) is 0 Å². The van der Waals surface area contributed by atoms with Gasteiger partial charge in [0.25, 0.3) is 0 Å². The van der Waals surface area contributed by atoms with Crippen molar-refractivity contribution in [2.75, 3.05) is 13.6 Å². The zero-order valence-corrected chi connectivity index (χ0v) is 13.5. The molecule has 0 aliphatic carbocycles. The van der Waals surface area contributed by atoms with Crippen molar-refractivity contribution in [3.63, 3.8) is 0 Å². The third-order valence-corrected chi connectivity index (χ3v) is 4.09. The van der Waals surface area contributed by atoms with Crippen LogP contribution in [0.4, 0.5) is 0 Å². The van der Waals surface area contributed by atoms with Gasteiger partial charge in [-0.25, -0.2) is 4.79 Å². The Bertz CT molecular complexity index is 546. The highest BCUT2D eigenvalue weighted by Crippen LogP contribution is 2.18. The topological polar surface area (TPSA) is 41.9 Å². The molecule has 114 valence electrons. The summed E-state index contributed by atoms with van der Waals surface area (Å²) in [6.45, 7) is 9.16. The molecular formula is C17H24N2O2. The highest BCUT2D eigenvalue weighted by atomic mass is 16.7. The standard InChI is InChI=1S/C17H24N2O2/c1-11-6-12(2)8-15(7-11)17(20)21-18-16-9-14(4)19(5)10-13(16)3/h6-8,13-14H,9-10H2,1-5H3/b18-16+. The summed E-state index contributed by atoms with van der Waals surface area (Å²) in [7, 11) is 2.11. The van der Waals surface area contributed by atoms with E-state index in [0.29, 0.717) is 17.5 Å². The summed E-state index contributed by atoms with van der Waals surface area (Å²) in [5, 5.41) is 4.13. The second-order valence-electron chi connectivity index (χ2n) is 6.23. The molecule has 1 aromatic rings. The fourth-order valence-corrected chi connectivity index (χ4v) is 2.75. The number of oxime groups is 1. The first-order chi connectivity index (χ1) is 9.86. The van der Waals surface area contributed by atoms with Crippen LogP contribution in [0.5, 0.6) is 0 Å². The molecule has 2 rings (SSSR count). The Morgan fingerprint density at radius 1 is 1.24 bits per heavy atom. The van der Waals surface area contributed by atoms with Crippen LogP contribution in [-0.4, -0.2) is 36.2 Å². The van der Waals surface area contributed by atoms with Gasteiger partial charge >= 0.3 is 5.97 Å². The summed E-state index contributed by atoms with van der Waals surface area (Å²) in [6.07, 6.45) is 0.845. The number of hydrogen-bond acceptors (Lipinski definition) is 4. The van der Waals surface area contributed by atoms with Gasteiger partial charge in [0, 0.05) is 24.9 Å². The van der Waals surface area contributed by atoms with Crippen LogP contribution in [0.2, 0.25) is 0 Å². The van der Waals surface area contributed by atoms with Crippen LogP contribution >= 0.6 is 0 Å². The molecule has 21 heavy (non-hydrogen) atoms. The van der Waals surface area contributed by atoms with Crippen LogP contribution in [0, 0.1) is 19.8 Å². The van der Waals surface area contributed by atoms with Gasteiger partial charge in [0.2, 0.25) is 0 Å². The molecule has 0 amide bonds. The molecule has 0 aromatic heterocycles. The Kier molecular flexibility index (Phi) is 4.78. The van der Waals surface area contributed by atoms with Crippen LogP contribution in [0.3, 0.4) is 0 Å². The van der Waals surface area contributed by atoms with Crippen molar-refractivity contribution < 1.29 is 9.63 Å². The Morgan fingerprint density at radius 2 is 1.86 bits per heavy atom. The van der Waals surface area contributed by atoms with Gasteiger partial charge < -0.3 is 9.74 Å². The van der Waals surface area contributed by atoms with Crippen molar-refractivity contribution in [1.82, 2.24) is 4.90 Å². The first-order valence-corrected chi connectivity index (χ1v) is 7.43. The molecule has 4 nitrogen and oxygen atoms in total. The molecular weight excluding hydrogens is 264 g/mol. The van der Waals surface area contributed by atoms with Crippen LogP contribution in [0.25, 0.3) is 0 Å². The molecule has 0 radical (unpaired) electrons. The van der Waals surface area contributed by atoms with Crippen molar-refractivity contribution in [2.45, 2.75) is 40.2 Å². The van der Waals surface area contributed by atoms with E-state index in [4.69, 9.17) is 4.84 Å². The molecule has 1 fully saturated rings. The highest BCUT2D eigenvalue weighted by molar-refractivity contribution is 5.92. The molecule has 2 unspecified atom stereocenters. The molecule has 1 aliphatic heterocycles. The summed E-state index contributed by atoms with van der Waals surface area (Å²) < 4.78 is 0. The van der Waals surface area contributed by atoms with Gasteiger partial charge in [-0.05, 0) is 40.0 Å². The summed E-state index contributed by atoms with van der Waals surface area (Å²) in [6, 6.07) is 6.12. The molecule has 2 atom stereocenters. The zero-order valence-electron chi connectivity index (χ0n) is 13.5. The number of carbonyl (C=O) groups is 1. The van der Waals surface area contributed by atoms with Crippen molar-refractivity contribution >= 4 is 11.7 Å². The number of hydrogen-bond donors (Lipinski definition) is 0. The lowest BCUT2D eigenvalue weighted by Gasteiger charge is -2.34. The van der Waals surface area contributed by atoms with E-state index in [2.05, 4.69) is 31.0 Å². The maximum atomic E-state index is 12.1. The van der Waals surface area contributed by atoms with Crippen LogP contribution in [-0.2, 0) is 4.84 Å². The Hall–Kier alpha value is -1.68. The molecule has 1 saturated heterocycles. The Balaban J connectivity index is 2.07. The van der Waals surface area contributed by atoms with E-state index in [1.54, 1.807) is 0 Å². The first kappa shape index (κ1) is 15.7. The summed E-state index contributed by atoms with van der Waals surface area (Å²) in [5.41, 5.74) is 3.63. The predicted octanol–water partition coefficient (Wildman–Crippen LogP) is 3.18. The lowest BCUT2D eigenvalue weighted by molar-refractivity contribution is 0.0508. The molecule has 0 spiro atoms. The molecule has 4 heteroatoms. The van der Waals surface area contributed by atoms with Gasteiger partial charge in [0.05, 0.1) is 11.3 Å². The zero-order chi connectivity index (χ0) is 15.6. The van der Waals surface area contributed by atoms with E-state index in [9.17, 15) is 4.79 Å². The van der Waals surface area contributed by atoms with E-state index in [-0.39, 0.29) is 5.97 Å². The predicted molar refractivity (Wildman–Crippen MR) is 84.6 cm³/mol. The average Bonchev–Trinajstić information content (AvgIpc) is 2.40. The number of benzene rings is 1. The van der Waals surface area contributed by atoms with Crippen molar-refractivity contribution in [3.05, 3.63) is 34.9 Å². The van der Waals surface area contributed by atoms with E-state index in [1.165, 1.54) is 0 Å². The molecule has 0 N–H and O–H groups in total. The number of aryl methyl sites for hydroxylation is 2. The van der Waals surface area contributed by atoms with Gasteiger partial charge in [-0.1, -0.05) is 29.3 Å². The fraction of sp³-hybridized carbons (Fsp3) is 0.529. The second-order valence-corrected chi connectivity index (χ2v) is 6.23. The number of piperidine rings is 1. The van der Waals surface area contributed by atoms with Crippen LogP contribution < -0.4 is 0 Å². The minimum absolute atomic E-state index is 0.318. The lowest BCUT2D eigenvalue weighted by Crippen LogP contribution is -2.43. The lowest BCUT2D eigenvalue weighted by atomic mass is 9.93. The fourth-order valence-electron chi connectivity index (χ4n) is 2.75. The monoisotopic (exact) mass is 288 g/mol. The van der Waals surface area contributed by atoms with Crippen LogP contribution in [0.1, 0.15) is 41.8 Å². The minimum atomic E-state index is -0.381. The van der Waals surface area contributed by atoms with Gasteiger partial charge in [0.1, 0.15) is 0 Å². The molecule has 0 bridgehead atoms. The van der Waals surface area contributed by atoms with E-state index in [0.717, 1.165) is 29.8 Å². The number of likely N-dealkylation sites (tertiary alicyclic amines) is 1. The normalized spacial score (nSPS) is 25.1. The third-order valence-electron chi connectivity index (χ3n) is 4.09. The van der Waals surface area contributed by atoms with Crippen molar-refractivity contribution in [2.24, 2.45) is 11.1 Å². The van der Waals surface area contributed by atoms with E-state index >= 15 is 0 Å². The Labute approximate surface area is 126 Å². The van der Waals surface area contributed by atoms with Gasteiger partial charge in [0.15, 0.2) is 0 Å². The van der Waals surface area contributed by atoms with Gasteiger partial charge in [-0.15, -0.1) is 0 Å². The summed E-state index contributed by atoms with van der Waals surface area (Å²) in [4.78, 5) is 19.6. The molecule has 1 heterocycles. The third kappa shape index (κ3) is 3.91. The van der Waals surface area contributed by atoms with Crippen molar-refractivity contribution in [3.8, 4) is 0 Å². The quantitative estimate of drug-likeness (QED) is 0.620.